The van der Waals surface area contributed by atoms with Crippen molar-refractivity contribution >= 4 is 34.0 Å². The van der Waals surface area contributed by atoms with Gasteiger partial charge in [-0.15, -0.1) is 11.8 Å². The van der Waals surface area contributed by atoms with Crippen LogP contribution >= 0.6 is 11.8 Å². The number of hydrogen-bond donors (Lipinski definition) is 1. The number of pyridine rings is 1. The Bertz CT molecular complexity index is 1170. The number of anilines is 2. The van der Waals surface area contributed by atoms with Crippen LogP contribution in [0.1, 0.15) is 16.7 Å². The topological polar surface area (TPSA) is 66.5 Å². The van der Waals surface area contributed by atoms with Gasteiger partial charge < -0.3 is 5.32 Å². The number of aryl methyl sites for hydroxylation is 1. The van der Waals surface area contributed by atoms with E-state index in [2.05, 4.69) is 52.7 Å². The number of fused-ring (bicyclic) bond motifs is 1. The summed E-state index contributed by atoms with van der Waals surface area (Å²) in [5, 5.41) is 19.2. The minimum atomic E-state index is 0.553. The van der Waals surface area contributed by atoms with E-state index in [0.717, 1.165) is 27.3 Å². The van der Waals surface area contributed by atoms with Crippen molar-refractivity contribution in [3.8, 4) is 6.07 Å². The Morgan fingerprint density at radius 1 is 1.14 bits per heavy atom. The van der Waals surface area contributed by atoms with E-state index in [1.807, 2.05) is 41.4 Å². The third-order valence-electron chi connectivity index (χ3n) is 4.53. The van der Waals surface area contributed by atoms with Gasteiger partial charge in [-0.1, -0.05) is 48.0 Å². The van der Waals surface area contributed by atoms with Gasteiger partial charge in [-0.25, -0.2) is 4.98 Å². The number of nitrogens with zero attached hydrogens (tertiary/aromatic N) is 4. The molecular weight excluding hydrogens is 366 g/mol. The van der Waals surface area contributed by atoms with Crippen molar-refractivity contribution in [3.05, 3.63) is 77.6 Å². The van der Waals surface area contributed by atoms with Gasteiger partial charge in [0.2, 0.25) is 0 Å². The van der Waals surface area contributed by atoms with Crippen molar-refractivity contribution in [2.75, 3.05) is 11.6 Å². The lowest BCUT2D eigenvalue weighted by molar-refractivity contribution is 0.687. The molecule has 0 amide bonds. The lowest BCUT2D eigenvalue weighted by Crippen LogP contribution is -2.00. The molecule has 0 spiro atoms. The average molecular weight is 385 g/mol. The second-order valence-corrected chi connectivity index (χ2v) is 7.33. The van der Waals surface area contributed by atoms with Crippen molar-refractivity contribution in [1.29, 1.82) is 5.26 Å². The van der Waals surface area contributed by atoms with Crippen LogP contribution in [0.25, 0.3) is 10.9 Å². The van der Waals surface area contributed by atoms with Crippen molar-refractivity contribution in [2.45, 2.75) is 18.5 Å². The van der Waals surface area contributed by atoms with Crippen LogP contribution < -0.4 is 5.32 Å². The standard InChI is InChI=1S/C22H19N5S/c1-15-7-9-16(10-8-15)13-27-14-17(12-24-27)25-21-18-5-3-4-6-20(18)26-22(28-2)19(21)11-23/h3-10,12,14H,13H2,1-2H3,(H,25,26). The summed E-state index contributed by atoms with van der Waals surface area (Å²) in [6.45, 7) is 2.77. The van der Waals surface area contributed by atoms with Crippen LogP contribution in [0.4, 0.5) is 11.4 Å². The van der Waals surface area contributed by atoms with Crippen molar-refractivity contribution in [1.82, 2.24) is 14.8 Å². The zero-order chi connectivity index (χ0) is 19.5. The first-order chi connectivity index (χ1) is 13.7. The van der Waals surface area contributed by atoms with Crippen LogP contribution in [0.2, 0.25) is 0 Å². The van der Waals surface area contributed by atoms with E-state index in [-0.39, 0.29) is 0 Å². The fraction of sp³-hybridized carbons (Fsp3) is 0.136. The molecule has 138 valence electrons. The molecule has 0 saturated heterocycles. The Hall–Kier alpha value is -3.30. The molecule has 2 heterocycles. The number of thioether (sulfide) groups is 1. The Balaban J connectivity index is 1.68. The number of nitrogens with one attached hydrogen (secondary N) is 1. The Morgan fingerprint density at radius 3 is 2.68 bits per heavy atom. The average Bonchev–Trinajstić information content (AvgIpc) is 3.16. The largest absolute Gasteiger partial charge is 0.351 e. The molecule has 0 radical (unpaired) electrons. The highest BCUT2D eigenvalue weighted by Crippen LogP contribution is 2.34. The predicted molar refractivity (Wildman–Crippen MR) is 114 cm³/mol. The second-order valence-electron chi connectivity index (χ2n) is 6.54. The monoisotopic (exact) mass is 385 g/mol. The number of para-hydroxylation sites is 1. The first-order valence-electron chi connectivity index (χ1n) is 8.90. The molecule has 28 heavy (non-hydrogen) atoms. The first kappa shape index (κ1) is 18.1. The SMILES string of the molecule is CSc1nc2ccccc2c(Nc2cnn(Cc3ccc(C)cc3)c2)c1C#N. The summed E-state index contributed by atoms with van der Waals surface area (Å²) in [6.07, 6.45) is 5.67. The summed E-state index contributed by atoms with van der Waals surface area (Å²) in [5.74, 6) is 0. The number of benzene rings is 2. The van der Waals surface area contributed by atoms with Crippen LogP contribution in [-0.4, -0.2) is 21.0 Å². The lowest BCUT2D eigenvalue weighted by Gasteiger charge is -2.12. The van der Waals surface area contributed by atoms with Crippen molar-refractivity contribution in [2.24, 2.45) is 0 Å². The quantitative estimate of drug-likeness (QED) is 0.483. The molecule has 0 aliphatic heterocycles. The van der Waals surface area contributed by atoms with Crippen LogP contribution in [0, 0.1) is 18.3 Å². The summed E-state index contributed by atoms with van der Waals surface area (Å²) < 4.78 is 1.89. The molecule has 0 unspecified atom stereocenters. The van der Waals surface area contributed by atoms with E-state index in [0.29, 0.717) is 12.1 Å². The molecule has 4 rings (SSSR count). The number of aromatic nitrogens is 3. The van der Waals surface area contributed by atoms with Gasteiger partial charge in [-0.3, -0.25) is 4.68 Å². The van der Waals surface area contributed by atoms with Crippen LogP contribution in [-0.2, 0) is 6.54 Å². The van der Waals surface area contributed by atoms with E-state index in [1.54, 1.807) is 6.20 Å². The summed E-state index contributed by atoms with van der Waals surface area (Å²) in [5.41, 5.74) is 5.46. The van der Waals surface area contributed by atoms with Gasteiger partial charge in [-0.05, 0) is 24.8 Å². The van der Waals surface area contributed by atoms with Crippen molar-refractivity contribution < 1.29 is 0 Å². The molecule has 0 aliphatic rings. The highest BCUT2D eigenvalue weighted by Gasteiger charge is 2.15. The second kappa shape index (κ2) is 7.75. The molecule has 0 aliphatic carbocycles. The van der Waals surface area contributed by atoms with Crippen LogP contribution in [0.3, 0.4) is 0 Å². The van der Waals surface area contributed by atoms with Gasteiger partial charge >= 0.3 is 0 Å². The molecule has 2 aromatic carbocycles. The first-order valence-corrected chi connectivity index (χ1v) is 10.1. The maximum atomic E-state index is 9.73. The van der Waals surface area contributed by atoms with E-state index in [9.17, 15) is 5.26 Å². The Labute approximate surface area is 168 Å². The van der Waals surface area contributed by atoms with Crippen LogP contribution in [0.5, 0.6) is 0 Å². The maximum absolute atomic E-state index is 9.73. The molecule has 0 bridgehead atoms. The smallest absolute Gasteiger partial charge is 0.116 e. The minimum absolute atomic E-state index is 0.553. The fourth-order valence-corrected chi connectivity index (χ4v) is 3.65. The molecule has 0 atom stereocenters. The Kier molecular flexibility index (Phi) is 5.00. The highest BCUT2D eigenvalue weighted by atomic mass is 32.2. The summed E-state index contributed by atoms with van der Waals surface area (Å²) in [7, 11) is 0. The zero-order valence-electron chi connectivity index (χ0n) is 15.7. The summed E-state index contributed by atoms with van der Waals surface area (Å²) in [4.78, 5) is 4.61. The van der Waals surface area contributed by atoms with Gasteiger partial charge in [0.15, 0.2) is 0 Å². The van der Waals surface area contributed by atoms with Crippen LogP contribution in [0.15, 0.2) is 66.0 Å². The minimum Gasteiger partial charge on any atom is -0.351 e. The number of nitriles is 1. The predicted octanol–water partition coefficient (Wildman–Crippen LogP) is 5.13. The van der Waals surface area contributed by atoms with E-state index >= 15 is 0 Å². The Morgan fingerprint density at radius 2 is 1.93 bits per heavy atom. The van der Waals surface area contributed by atoms with Gasteiger partial charge in [0.1, 0.15) is 16.7 Å². The molecule has 0 fully saturated rings. The summed E-state index contributed by atoms with van der Waals surface area (Å²) >= 11 is 1.47. The van der Waals surface area contributed by atoms with E-state index in [1.165, 1.54) is 22.9 Å². The molecule has 5 nitrogen and oxygen atoms in total. The highest BCUT2D eigenvalue weighted by molar-refractivity contribution is 7.98. The van der Waals surface area contributed by atoms with Gasteiger partial charge in [0, 0.05) is 11.6 Å². The molecule has 4 aromatic rings. The molecule has 2 aromatic heterocycles. The van der Waals surface area contributed by atoms with Crippen molar-refractivity contribution in [3.63, 3.8) is 0 Å². The van der Waals surface area contributed by atoms with Gasteiger partial charge in [0.25, 0.3) is 0 Å². The number of hydrogen-bond acceptors (Lipinski definition) is 5. The lowest BCUT2D eigenvalue weighted by atomic mass is 10.1. The van der Waals surface area contributed by atoms with Gasteiger partial charge in [0.05, 0.1) is 29.6 Å². The fourth-order valence-electron chi connectivity index (χ4n) is 3.11. The van der Waals surface area contributed by atoms with E-state index < -0.39 is 0 Å². The molecule has 0 saturated carbocycles. The zero-order valence-corrected chi connectivity index (χ0v) is 16.5. The maximum Gasteiger partial charge on any atom is 0.116 e. The third-order valence-corrected chi connectivity index (χ3v) is 5.21. The van der Waals surface area contributed by atoms with E-state index in [4.69, 9.17) is 0 Å². The molecule has 6 heteroatoms. The normalized spacial score (nSPS) is 10.8. The van der Waals surface area contributed by atoms with Gasteiger partial charge in [-0.2, -0.15) is 10.4 Å². The summed E-state index contributed by atoms with van der Waals surface area (Å²) in [6, 6.07) is 18.6. The third kappa shape index (κ3) is 3.57. The molecular formula is C22H19N5S. The molecule has 1 N–H and O–H groups in total. The number of rotatable bonds is 5.